The number of nitrogens with zero attached hydrogens (tertiary/aromatic N) is 4. The monoisotopic (exact) mass is 433 g/mol. The summed E-state index contributed by atoms with van der Waals surface area (Å²) >= 11 is 0. The van der Waals surface area contributed by atoms with Gasteiger partial charge in [-0.2, -0.15) is 5.10 Å². The van der Waals surface area contributed by atoms with Crippen molar-refractivity contribution < 1.29 is 9.90 Å². The molecule has 1 saturated heterocycles. The summed E-state index contributed by atoms with van der Waals surface area (Å²) < 4.78 is 1.82. The Kier molecular flexibility index (Phi) is 5.15. The van der Waals surface area contributed by atoms with Gasteiger partial charge in [0.25, 0.3) is 5.91 Å². The molecule has 0 unspecified atom stereocenters. The molecule has 0 radical (unpaired) electrons. The third-order valence-electron chi connectivity index (χ3n) is 6.02. The Balaban J connectivity index is 1.59. The minimum absolute atomic E-state index is 0.170. The number of benzene rings is 1. The van der Waals surface area contributed by atoms with Gasteiger partial charge < -0.3 is 20.7 Å². The van der Waals surface area contributed by atoms with Crippen molar-refractivity contribution in [2.45, 2.75) is 38.1 Å². The zero-order chi connectivity index (χ0) is 22.3. The van der Waals surface area contributed by atoms with Crippen molar-refractivity contribution in [3.63, 3.8) is 0 Å². The first-order chi connectivity index (χ1) is 15.5. The van der Waals surface area contributed by atoms with Crippen molar-refractivity contribution in [2.24, 2.45) is 0 Å². The van der Waals surface area contributed by atoms with Crippen LogP contribution in [-0.4, -0.2) is 61.0 Å². The highest BCUT2D eigenvalue weighted by molar-refractivity contribution is 6.04. The lowest BCUT2D eigenvalue weighted by Crippen LogP contribution is -2.46. The molecule has 0 spiro atoms. The van der Waals surface area contributed by atoms with Crippen LogP contribution < -0.4 is 10.6 Å². The molecule has 0 aliphatic carbocycles. The van der Waals surface area contributed by atoms with Gasteiger partial charge in [-0.15, -0.1) is 0 Å². The van der Waals surface area contributed by atoms with Crippen LogP contribution in [0.4, 0.5) is 0 Å². The van der Waals surface area contributed by atoms with E-state index < -0.39 is 5.54 Å². The Labute approximate surface area is 185 Å². The molecule has 1 aliphatic heterocycles. The molecule has 3 aromatic heterocycles. The molecule has 5 rings (SSSR count). The largest absolute Gasteiger partial charge is 0.394 e. The highest BCUT2D eigenvalue weighted by Gasteiger charge is 2.25. The van der Waals surface area contributed by atoms with Gasteiger partial charge in [-0.3, -0.25) is 4.79 Å². The third-order valence-corrected chi connectivity index (χ3v) is 6.02. The Bertz CT molecular complexity index is 1280. The molecule has 166 valence electrons. The predicted octanol–water partition coefficient (Wildman–Crippen LogP) is 2.26. The molecular weight excluding hydrogens is 406 g/mol. The van der Waals surface area contributed by atoms with Gasteiger partial charge in [0, 0.05) is 17.5 Å². The van der Waals surface area contributed by atoms with Crippen molar-refractivity contribution in [1.29, 1.82) is 0 Å². The van der Waals surface area contributed by atoms with Crippen molar-refractivity contribution >= 4 is 28.0 Å². The van der Waals surface area contributed by atoms with Crippen molar-refractivity contribution in [2.75, 3.05) is 19.7 Å². The van der Waals surface area contributed by atoms with Gasteiger partial charge in [-0.1, -0.05) is 18.2 Å². The van der Waals surface area contributed by atoms with E-state index in [1.54, 1.807) is 26.2 Å². The number of aliphatic hydroxyl groups excluding tert-OH is 1. The van der Waals surface area contributed by atoms with E-state index in [1.165, 1.54) is 0 Å². The van der Waals surface area contributed by atoms with Crippen LogP contribution in [0.3, 0.4) is 0 Å². The lowest BCUT2D eigenvalue weighted by molar-refractivity contribution is 0.0871. The smallest absolute Gasteiger partial charge is 0.255 e. The first kappa shape index (κ1) is 20.6. The maximum atomic E-state index is 12.8. The van der Waals surface area contributed by atoms with E-state index in [9.17, 15) is 9.90 Å². The summed E-state index contributed by atoms with van der Waals surface area (Å²) in [4.78, 5) is 25.1. The van der Waals surface area contributed by atoms with Crippen LogP contribution in [0.15, 0.2) is 36.7 Å². The molecule has 0 bridgehead atoms. The number of piperidine rings is 1. The fraction of sp³-hybridized carbons (Fsp3) is 0.391. The number of para-hydroxylation sites is 1. The van der Waals surface area contributed by atoms with Gasteiger partial charge in [0.05, 0.1) is 35.1 Å². The molecule has 32 heavy (non-hydrogen) atoms. The summed E-state index contributed by atoms with van der Waals surface area (Å²) in [5.74, 6) is 0.639. The van der Waals surface area contributed by atoms with Gasteiger partial charge in [0.1, 0.15) is 5.52 Å². The number of amides is 1. The SMILES string of the molecule is CC(C)(CO)NC(=O)c1c[nH]c2ncc(-n3nc(C4CCNCC4)c4ccccc43)nc12. The molecule has 0 saturated carbocycles. The van der Waals surface area contributed by atoms with E-state index in [0.29, 0.717) is 28.5 Å². The number of hydrogen-bond donors (Lipinski definition) is 4. The molecule has 4 heterocycles. The molecule has 1 amide bonds. The molecule has 4 aromatic rings. The Morgan fingerprint density at radius 3 is 2.84 bits per heavy atom. The van der Waals surface area contributed by atoms with E-state index in [4.69, 9.17) is 10.1 Å². The predicted molar refractivity (Wildman–Crippen MR) is 122 cm³/mol. The van der Waals surface area contributed by atoms with Gasteiger partial charge in [0.2, 0.25) is 0 Å². The van der Waals surface area contributed by atoms with Crippen LogP contribution >= 0.6 is 0 Å². The number of aliphatic hydroxyl groups is 1. The maximum absolute atomic E-state index is 12.8. The fourth-order valence-corrected chi connectivity index (χ4v) is 4.23. The quantitative estimate of drug-likeness (QED) is 0.383. The molecule has 1 aliphatic rings. The van der Waals surface area contributed by atoms with Gasteiger partial charge >= 0.3 is 0 Å². The first-order valence-electron chi connectivity index (χ1n) is 10.9. The van der Waals surface area contributed by atoms with E-state index in [2.05, 4.69) is 26.7 Å². The molecule has 1 fully saturated rings. The average molecular weight is 434 g/mol. The molecular formula is C23H27N7O2. The van der Waals surface area contributed by atoms with Crippen LogP contribution in [-0.2, 0) is 0 Å². The second-order valence-electron chi connectivity index (χ2n) is 8.96. The summed E-state index contributed by atoms with van der Waals surface area (Å²) in [6, 6.07) is 8.16. The van der Waals surface area contributed by atoms with Crippen molar-refractivity contribution in [3.05, 3.63) is 47.9 Å². The van der Waals surface area contributed by atoms with Gasteiger partial charge in [0.15, 0.2) is 11.5 Å². The van der Waals surface area contributed by atoms with Crippen molar-refractivity contribution in [3.8, 4) is 5.82 Å². The first-order valence-corrected chi connectivity index (χ1v) is 10.9. The minimum atomic E-state index is -0.742. The second-order valence-corrected chi connectivity index (χ2v) is 8.96. The topological polar surface area (TPSA) is 121 Å². The third kappa shape index (κ3) is 3.63. The van der Waals surface area contributed by atoms with Crippen molar-refractivity contribution in [1.82, 2.24) is 35.4 Å². The minimum Gasteiger partial charge on any atom is -0.394 e. The molecule has 1 aromatic carbocycles. The summed E-state index contributed by atoms with van der Waals surface area (Å²) in [5.41, 5.74) is 2.69. The zero-order valence-electron chi connectivity index (χ0n) is 18.2. The number of carbonyl (C=O) groups excluding carboxylic acids is 1. The van der Waals surface area contributed by atoms with Crippen LogP contribution in [0.5, 0.6) is 0 Å². The normalized spacial score (nSPS) is 15.5. The highest BCUT2D eigenvalue weighted by atomic mass is 16.3. The Morgan fingerprint density at radius 2 is 2.06 bits per heavy atom. The van der Waals surface area contributed by atoms with E-state index in [0.717, 1.165) is 42.5 Å². The Morgan fingerprint density at radius 1 is 1.28 bits per heavy atom. The number of fused-ring (bicyclic) bond motifs is 2. The van der Waals surface area contributed by atoms with Crippen LogP contribution in [0, 0.1) is 0 Å². The van der Waals surface area contributed by atoms with E-state index in [1.807, 2.05) is 22.9 Å². The van der Waals surface area contributed by atoms with Crippen LogP contribution in [0.1, 0.15) is 48.7 Å². The average Bonchev–Trinajstić information content (AvgIpc) is 3.41. The highest BCUT2D eigenvalue weighted by Crippen LogP contribution is 2.32. The summed E-state index contributed by atoms with van der Waals surface area (Å²) in [6.45, 7) is 5.33. The lowest BCUT2D eigenvalue weighted by Gasteiger charge is -2.23. The number of carbonyl (C=O) groups is 1. The summed E-state index contributed by atoms with van der Waals surface area (Å²) in [7, 11) is 0. The molecule has 0 atom stereocenters. The summed E-state index contributed by atoms with van der Waals surface area (Å²) in [6.07, 6.45) is 5.37. The van der Waals surface area contributed by atoms with Gasteiger partial charge in [-0.05, 0) is 45.8 Å². The molecule has 9 nitrogen and oxygen atoms in total. The Hall–Kier alpha value is -3.30. The fourth-order valence-electron chi connectivity index (χ4n) is 4.23. The number of nitrogens with one attached hydrogen (secondary N) is 3. The maximum Gasteiger partial charge on any atom is 0.255 e. The summed E-state index contributed by atoms with van der Waals surface area (Å²) in [5, 5.41) is 21.8. The van der Waals surface area contributed by atoms with E-state index in [-0.39, 0.29) is 12.5 Å². The molecule has 4 N–H and O–H groups in total. The van der Waals surface area contributed by atoms with E-state index >= 15 is 0 Å². The number of hydrogen-bond acceptors (Lipinski definition) is 6. The second kappa shape index (κ2) is 7.99. The number of rotatable bonds is 5. The number of H-pyrrole nitrogens is 1. The standard InChI is InChI=1S/C23H27N7O2/c1-23(2,13-31)28-22(32)16-11-25-21-20(16)27-18(12-26-21)30-17-6-4-3-5-15(17)19(29-30)14-7-9-24-10-8-14/h3-6,11-12,14,24,31H,7-10,13H2,1-2H3,(H,25,26)(H,28,32). The number of aromatic amines is 1. The van der Waals surface area contributed by atoms with Crippen LogP contribution in [0.2, 0.25) is 0 Å². The van der Waals surface area contributed by atoms with Crippen LogP contribution in [0.25, 0.3) is 27.9 Å². The lowest BCUT2D eigenvalue weighted by atomic mass is 9.93. The number of aromatic nitrogens is 5. The molecule has 9 heteroatoms. The zero-order valence-corrected chi connectivity index (χ0v) is 18.2. The van der Waals surface area contributed by atoms with Gasteiger partial charge in [-0.25, -0.2) is 14.6 Å².